The molecule has 2 aromatic carbocycles. The third-order valence-electron chi connectivity index (χ3n) is 6.84. The summed E-state index contributed by atoms with van der Waals surface area (Å²) >= 11 is 0. The Morgan fingerprint density at radius 2 is 1.91 bits per heavy atom. The molecule has 33 heavy (non-hydrogen) atoms. The number of likely N-dealkylation sites (tertiary alicyclic amines) is 1. The summed E-state index contributed by atoms with van der Waals surface area (Å²) in [6, 6.07) is 14.3. The van der Waals surface area contributed by atoms with Crippen LogP contribution in [0, 0.1) is 12.8 Å². The molecule has 6 heteroatoms. The molecular formula is C27H34N2O4. The number of primary amides is 1. The van der Waals surface area contributed by atoms with Crippen molar-refractivity contribution in [2.45, 2.75) is 57.5 Å². The van der Waals surface area contributed by atoms with Gasteiger partial charge in [-0.15, -0.1) is 0 Å². The first kappa shape index (κ1) is 23.1. The van der Waals surface area contributed by atoms with E-state index in [1.807, 2.05) is 18.2 Å². The van der Waals surface area contributed by atoms with Gasteiger partial charge in [-0.1, -0.05) is 35.9 Å². The van der Waals surface area contributed by atoms with Gasteiger partial charge in [0.2, 0.25) is 11.8 Å². The Balaban J connectivity index is 1.59. The fourth-order valence-electron chi connectivity index (χ4n) is 5.22. The van der Waals surface area contributed by atoms with Gasteiger partial charge in [0, 0.05) is 18.4 Å². The number of amides is 2. The molecule has 2 aromatic rings. The van der Waals surface area contributed by atoms with Crippen LogP contribution in [0.2, 0.25) is 0 Å². The number of rotatable bonds is 8. The van der Waals surface area contributed by atoms with E-state index in [0.717, 1.165) is 41.9 Å². The molecule has 2 amide bonds. The maximum absolute atomic E-state index is 13.2. The predicted molar refractivity (Wildman–Crippen MR) is 127 cm³/mol. The highest BCUT2D eigenvalue weighted by molar-refractivity contribution is 5.86. The Morgan fingerprint density at radius 1 is 1.12 bits per heavy atom. The van der Waals surface area contributed by atoms with Crippen molar-refractivity contribution < 1.29 is 19.1 Å². The molecule has 1 saturated heterocycles. The summed E-state index contributed by atoms with van der Waals surface area (Å²) in [6.45, 7) is 2.47. The minimum Gasteiger partial charge on any atom is -0.493 e. The lowest BCUT2D eigenvalue weighted by atomic mass is 9.81. The van der Waals surface area contributed by atoms with E-state index in [1.165, 1.54) is 18.4 Å². The number of methoxy groups -OCH3 is 1. The zero-order valence-electron chi connectivity index (χ0n) is 19.6. The Kier molecular flexibility index (Phi) is 7.21. The summed E-state index contributed by atoms with van der Waals surface area (Å²) in [4.78, 5) is 26.5. The smallest absolute Gasteiger partial charge is 0.237 e. The van der Waals surface area contributed by atoms with Crippen LogP contribution in [0.5, 0.6) is 11.5 Å². The van der Waals surface area contributed by atoms with Gasteiger partial charge in [-0.2, -0.15) is 0 Å². The normalized spacial score (nSPS) is 21.3. The molecule has 1 heterocycles. The van der Waals surface area contributed by atoms with E-state index >= 15 is 0 Å². The van der Waals surface area contributed by atoms with Crippen molar-refractivity contribution in [2.24, 2.45) is 11.7 Å². The van der Waals surface area contributed by atoms with E-state index < -0.39 is 5.91 Å². The standard InChI is InChI=1S/C27H34N2O4/c1-18-6-5-7-19(12-18)13-21-14-22(16-29(27(21)31)17-26(28)30)20-10-11-24(32-2)25(15-20)33-23-8-3-4-9-23/h5-7,10-12,15,21-23H,3-4,8-9,13-14,16-17H2,1-2H3,(H2,28,30). The summed E-state index contributed by atoms with van der Waals surface area (Å²) < 4.78 is 11.8. The van der Waals surface area contributed by atoms with Crippen LogP contribution in [0.15, 0.2) is 42.5 Å². The first-order valence-electron chi connectivity index (χ1n) is 11.9. The summed E-state index contributed by atoms with van der Waals surface area (Å²) in [6.07, 6.45) is 6.11. The fourth-order valence-corrected chi connectivity index (χ4v) is 5.22. The molecule has 0 bridgehead atoms. The molecule has 6 nitrogen and oxygen atoms in total. The van der Waals surface area contributed by atoms with Crippen molar-refractivity contribution in [2.75, 3.05) is 20.2 Å². The van der Waals surface area contributed by atoms with Crippen LogP contribution in [0.1, 0.15) is 54.7 Å². The van der Waals surface area contributed by atoms with Gasteiger partial charge in [0.05, 0.1) is 19.8 Å². The monoisotopic (exact) mass is 450 g/mol. The Hall–Kier alpha value is -3.02. The summed E-state index contributed by atoms with van der Waals surface area (Å²) in [5.74, 6) is 0.888. The highest BCUT2D eigenvalue weighted by Gasteiger charge is 2.36. The molecule has 4 rings (SSSR count). The van der Waals surface area contributed by atoms with Gasteiger partial charge in [-0.05, 0) is 68.7 Å². The second kappa shape index (κ2) is 10.3. The number of piperidine rings is 1. The number of hydrogen-bond donors (Lipinski definition) is 1. The van der Waals surface area contributed by atoms with Gasteiger partial charge in [-0.25, -0.2) is 0 Å². The highest BCUT2D eigenvalue weighted by atomic mass is 16.5. The molecule has 2 N–H and O–H groups in total. The SMILES string of the molecule is COc1ccc(C2CC(Cc3cccc(C)c3)C(=O)N(CC(N)=O)C2)cc1OC1CCCC1. The number of nitrogens with two attached hydrogens (primary N) is 1. The second-order valence-corrected chi connectivity index (χ2v) is 9.44. The lowest BCUT2D eigenvalue weighted by molar-refractivity contribution is -0.142. The maximum Gasteiger partial charge on any atom is 0.237 e. The minimum absolute atomic E-state index is 0.00231. The predicted octanol–water partition coefficient (Wildman–Crippen LogP) is 3.99. The van der Waals surface area contributed by atoms with Crippen LogP contribution < -0.4 is 15.2 Å². The van der Waals surface area contributed by atoms with Gasteiger partial charge in [-0.3, -0.25) is 9.59 Å². The molecule has 0 spiro atoms. The molecule has 1 aliphatic heterocycles. The highest BCUT2D eigenvalue weighted by Crippen LogP contribution is 2.38. The van der Waals surface area contributed by atoms with Crippen molar-refractivity contribution in [3.8, 4) is 11.5 Å². The molecule has 2 atom stereocenters. The summed E-state index contributed by atoms with van der Waals surface area (Å²) in [5, 5.41) is 0. The molecule has 1 saturated carbocycles. The van der Waals surface area contributed by atoms with Gasteiger partial charge < -0.3 is 20.1 Å². The number of aryl methyl sites for hydroxylation is 1. The molecule has 176 valence electrons. The molecular weight excluding hydrogens is 416 g/mol. The second-order valence-electron chi connectivity index (χ2n) is 9.44. The maximum atomic E-state index is 13.2. The first-order valence-corrected chi connectivity index (χ1v) is 11.9. The zero-order valence-corrected chi connectivity index (χ0v) is 19.6. The number of carbonyl (C=O) groups is 2. The lowest BCUT2D eigenvalue weighted by Crippen LogP contribution is -2.48. The number of nitrogens with zero attached hydrogens (tertiary/aromatic N) is 1. The molecule has 2 fully saturated rings. The molecule has 0 aromatic heterocycles. The van der Waals surface area contributed by atoms with Gasteiger partial charge >= 0.3 is 0 Å². The van der Waals surface area contributed by atoms with Crippen LogP contribution in [0.4, 0.5) is 0 Å². The number of carbonyl (C=O) groups excluding carboxylic acids is 2. The van der Waals surface area contributed by atoms with Crippen LogP contribution in [0.25, 0.3) is 0 Å². The van der Waals surface area contributed by atoms with Crippen molar-refractivity contribution in [3.05, 3.63) is 59.2 Å². The van der Waals surface area contributed by atoms with Crippen LogP contribution in [-0.2, 0) is 16.0 Å². The lowest BCUT2D eigenvalue weighted by Gasteiger charge is -2.37. The molecule has 2 aliphatic rings. The van der Waals surface area contributed by atoms with E-state index in [9.17, 15) is 9.59 Å². The molecule has 2 unspecified atom stereocenters. The van der Waals surface area contributed by atoms with E-state index in [1.54, 1.807) is 12.0 Å². The van der Waals surface area contributed by atoms with Crippen LogP contribution in [0.3, 0.4) is 0 Å². The summed E-state index contributed by atoms with van der Waals surface area (Å²) in [5.41, 5.74) is 8.87. The van der Waals surface area contributed by atoms with Crippen molar-refractivity contribution in [1.82, 2.24) is 4.90 Å². The number of benzene rings is 2. The van der Waals surface area contributed by atoms with E-state index in [-0.39, 0.29) is 30.4 Å². The average molecular weight is 451 g/mol. The van der Waals surface area contributed by atoms with Crippen molar-refractivity contribution in [1.29, 1.82) is 0 Å². The third-order valence-corrected chi connectivity index (χ3v) is 6.84. The molecule has 0 radical (unpaired) electrons. The summed E-state index contributed by atoms with van der Waals surface area (Å²) in [7, 11) is 1.66. The quantitative estimate of drug-likeness (QED) is 0.659. The largest absolute Gasteiger partial charge is 0.493 e. The Bertz CT molecular complexity index is 999. The van der Waals surface area contributed by atoms with E-state index in [0.29, 0.717) is 13.0 Å². The van der Waals surface area contributed by atoms with E-state index in [2.05, 4.69) is 31.2 Å². The third kappa shape index (κ3) is 5.67. The average Bonchev–Trinajstić information content (AvgIpc) is 3.29. The minimum atomic E-state index is -0.488. The Morgan fingerprint density at radius 3 is 2.61 bits per heavy atom. The van der Waals surface area contributed by atoms with Crippen LogP contribution >= 0.6 is 0 Å². The molecule has 1 aliphatic carbocycles. The topological polar surface area (TPSA) is 81.9 Å². The Labute approximate surface area is 196 Å². The van der Waals surface area contributed by atoms with Crippen molar-refractivity contribution >= 4 is 11.8 Å². The fraction of sp³-hybridized carbons (Fsp3) is 0.481. The van der Waals surface area contributed by atoms with E-state index in [4.69, 9.17) is 15.2 Å². The van der Waals surface area contributed by atoms with Gasteiger partial charge in [0.25, 0.3) is 0 Å². The van der Waals surface area contributed by atoms with Crippen LogP contribution in [-0.4, -0.2) is 43.0 Å². The van der Waals surface area contributed by atoms with Crippen molar-refractivity contribution in [3.63, 3.8) is 0 Å². The number of hydrogen-bond acceptors (Lipinski definition) is 4. The first-order chi connectivity index (χ1) is 15.9. The number of ether oxygens (including phenoxy) is 2. The zero-order chi connectivity index (χ0) is 23.4. The van der Waals surface area contributed by atoms with Gasteiger partial charge in [0.15, 0.2) is 11.5 Å². The van der Waals surface area contributed by atoms with Gasteiger partial charge in [0.1, 0.15) is 0 Å².